The number of pyridine rings is 1. The summed E-state index contributed by atoms with van der Waals surface area (Å²) in [5.74, 6) is -2.29. The van der Waals surface area contributed by atoms with Crippen molar-refractivity contribution in [2.24, 2.45) is 0 Å². The van der Waals surface area contributed by atoms with Crippen LogP contribution in [0.5, 0.6) is 5.75 Å². The van der Waals surface area contributed by atoms with Gasteiger partial charge in [-0.05, 0) is 23.8 Å². The van der Waals surface area contributed by atoms with E-state index in [4.69, 9.17) is 4.74 Å². The molecule has 0 saturated carbocycles. The van der Waals surface area contributed by atoms with Gasteiger partial charge in [-0.15, -0.1) is 5.10 Å². The molecule has 0 bridgehead atoms. The highest BCUT2D eigenvalue weighted by Crippen LogP contribution is 2.26. The van der Waals surface area contributed by atoms with Gasteiger partial charge in [0.05, 0.1) is 0 Å². The summed E-state index contributed by atoms with van der Waals surface area (Å²) < 4.78 is 22.4. The minimum absolute atomic E-state index is 0.0586. The van der Waals surface area contributed by atoms with Crippen LogP contribution >= 0.6 is 0 Å². The topological polar surface area (TPSA) is 85.8 Å². The van der Waals surface area contributed by atoms with E-state index in [2.05, 4.69) is 5.10 Å². The fraction of sp³-hybridized carbons (Fsp3) is 0.0500. The number of carbonyl (C=O) groups is 1. The first kappa shape index (κ1) is 17.5. The van der Waals surface area contributed by atoms with Crippen LogP contribution in [-0.2, 0) is 6.61 Å². The largest absolute Gasteiger partial charge is 0.488 e. The van der Waals surface area contributed by atoms with Crippen molar-refractivity contribution >= 4 is 11.6 Å². The summed E-state index contributed by atoms with van der Waals surface area (Å²) in [5.41, 5.74) is 0.0397. The Morgan fingerprint density at radius 3 is 2.57 bits per heavy atom. The molecule has 140 valence electrons. The Morgan fingerprint density at radius 1 is 1.11 bits per heavy atom. The molecule has 2 heterocycles. The van der Waals surface area contributed by atoms with E-state index in [1.165, 1.54) is 16.7 Å². The van der Waals surface area contributed by atoms with Gasteiger partial charge in [0.15, 0.2) is 5.65 Å². The zero-order chi connectivity index (χ0) is 19.7. The first-order chi connectivity index (χ1) is 13.5. The number of aromatic nitrogens is 3. The van der Waals surface area contributed by atoms with Crippen LogP contribution in [0.2, 0.25) is 0 Å². The first-order valence-electron chi connectivity index (χ1n) is 8.35. The Labute approximate surface area is 157 Å². The second-order valence-electron chi connectivity index (χ2n) is 6.00. The van der Waals surface area contributed by atoms with Crippen LogP contribution < -0.4 is 10.4 Å². The van der Waals surface area contributed by atoms with E-state index < -0.39 is 17.5 Å². The lowest BCUT2D eigenvalue weighted by Gasteiger charge is -2.12. The zero-order valence-electron chi connectivity index (χ0n) is 14.4. The van der Waals surface area contributed by atoms with E-state index in [1.807, 2.05) is 30.3 Å². The van der Waals surface area contributed by atoms with Gasteiger partial charge in [-0.2, -0.15) is 4.68 Å². The summed E-state index contributed by atoms with van der Waals surface area (Å²) >= 11 is 0. The molecule has 0 aliphatic rings. The van der Waals surface area contributed by atoms with Crippen molar-refractivity contribution in [3.63, 3.8) is 0 Å². The van der Waals surface area contributed by atoms with Crippen molar-refractivity contribution in [2.75, 3.05) is 0 Å². The van der Waals surface area contributed by atoms with E-state index in [0.29, 0.717) is 5.65 Å². The highest BCUT2D eigenvalue weighted by Gasteiger charge is 2.20. The van der Waals surface area contributed by atoms with Crippen LogP contribution in [0.3, 0.4) is 0 Å². The number of nitrogens with zero attached hydrogens (tertiary/aromatic N) is 3. The minimum atomic E-state index is -1.34. The van der Waals surface area contributed by atoms with E-state index in [0.717, 1.165) is 16.3 Å². The minimum Gasteiger partial charge on any atom is -0.488 e. The van der Waals surface area contributed by atoms with Crippen molar-refractivity contribution in [3.8, 4) is 11.4 Å². The Bertz CT molecular complexity index is 1230. The monoisotopic (exact) mass is 379 g/mol. The molecule has 1 N–H and O–H groups in total. The number of fused-ring (bicyclic) bond motifs is 1. The molecule has 0 amide bonds. The Morgan fingerprint density at radius 2 is 1.86 bits per heavy atom. The van der Waals surface area contributed by atoms with Gasteiger partial charge in [0.25, 0.3) is 0 Å². The van der Waals surface area contributed by atoms with Gasteiger partial charge in [-0.3, -0.25) is 0 Å². The molecule has 0 aliphatic carbocycles. The molecule has 28 heavy (non-hydrogen) atoms. The van der Waals surface area contributed by atoms with Gasteiger partial charge in [-0.1, -0.05) is 36.4 Å². The summed E-state index contributed by atoms with van der Waals surface area (Å²) in [6.45, 7) is 0.0895. The summed E-state index contributed by atoms with van der Waals surface area (Å²) in [7, 11) is 0. The number of carboxylic acids is 1. The van der Waals surface area contributed by atoms with Gasteiger partial charge >= 0.3 is 11.7 Å². The molecule has 2 aromatic heterocycles. The number of ether oxygens (including phenoxy) is 1. The third kappa shape index (κ3) is 3.11. The van der Waals surface area contributed by atoms with E-state index in [1.54, 1.807) is 18.2 Å². The quantitative estimate of drug-likeness (QED) is 0.576. The average molecular weight is 379 g/mol. The second-order valence-corrected chi connectivity index (χ2v) is 6.00. The predicted octanol–water partition coefficient (Wildman–Crippen LogP) is 2.90. The summed E-state index contributed by atoms with van der Waals surface area (Å²) in [6, 6.07) is 16.1. The summed E-state index contributed by atoms with van der Waals surface area (Å²) in [5, 5.41) is 13.5. The number of benzene rings is 2. The summed E-state index contributed by atoms with van der Waals surface area (Å²) in [6.07, 6.45) is 1.51. The second kappa shape index (κ2) is 6.99. The maximum absolute atomic E-state index is 14.6. The Balaban J connectivity index is 1.80. The smallest absolute Gasteiger partial charge is 0.355 e. The lowest BCUT2D eigenvalue weighted by molar-refractivity contribution is 0.0691. The van der Waals surface area contributed by atoms with Crippen LogP contribution in [0.1, 0.15) is 15.9 Å². The van der Waals surface area contributed by atoms with Crippen LogP contribution in [-0.4, -0.2) is 25.3 Å². The third-order valence-corrected chi connectivity index (χ3v) is 4.17. The SMILES string of the molecule is O=C(O)c1cc(F)c(-n2nc3ccccn3c2=O)cc1OCc1ccccc1. The highest BCUT2D eigenvalue weighted by molar-refractivity contribution is 5.91. The van der Waals surface area contributed by atoms with Crippen molar-refractivity contribution in [1.82, 2.24) is 14.2 Å². The number of hydrogen-bond donors (Lipinski definition) is 1. The molecule has 0 aliphatic heterocycles. The molecule has 4 aromatic rings. The van der Waals surface area contributed by atoms with Crippen molar-refractivity contribution in [2.45, 2.75) is 6.61 Å². The molecule has 0 spiro atoms. The van der Waals surface area contributed by atoms with Crippen molar-refractivity contribution in [1.29, 1.82) is 0 Å². The maximum Gasteiger partial charge on any atom is 0.355 e. The van der Waals surface area contributed by atoms with Gasteiger partial charge < -0.3 is 9.84 Å². The standard InChI is InChI=1S/C20H14FN3O4/c21-15-10-14(19(25)26)17(28-12-13-6-2-1-3-7-13)11-16(15)24-20(27)23-9-5-4-8-18(23)22-24/h1-11H,12H2,(H,25,26). The van der Waals surface area contributed by atoms with Crippen molar-refractivity contribution < 1.29 is 19.0 Å². The van der Waals surface area contributed by atoms with Gasteiger partial charge in [0.1, 0.15) is 29.4 Å². The first-order valence-corrected chi connectivity index (χ1v) is 8.35. The highest BCUT2D eigenvalue weighted by atomic mass is 19.1. The van der Waals surface area contributed by atoms with Crippen LogP contribution in [0.4, 0.5) is 4.39 Å². The fourth-order valence-electron chi connectivity index (χ4n) is 2.81. The molecule has 0 atom stereocenters. The van der Waals surface area contributed by atoms with Crippen LogP contribution in [0.15, 0.2) is 71.7 Å². The summed E-state index contributed by atoms with van der Waals surface area (Å²) in [4.78, 5) is 24.0. The lowest BCUT2D eigenvalue weighted by atomic mass is 10.1. The normalized spacial score (nSPS) is 10.9. The molecule has 2 aromatic carbocycles. The molecular formula is C20H14FN3O4. The number of rotatable bonds is 5. The molecule has 0 fully saturated rings. The third-order valence-electron chi connectivity index (χ3n) is 4.17. The molecule has 0 unspecified atom stereocenters. The van der Waals surface area contributed by atoms with Gasteiger partial charge in [-0.25, -0.2) is 18.4 Å². The Hall–Kier alpha value is -3.94. The zero-order valence-corrected chi connectivity index (χ0v) is 14.4. The molecule has 0 radical (unpaired) electrons. The van der Waals surface area contributed by atoms with Gasteiger partial charge in [0, 0.05) is 12.3 Å². The molecule has 7 nitrogen and oxygen atoms in total. The molecular weight excluding hydrogens is 365 g/mol. The van der Waals surface area contributed by atoms with E-state index in [-0.39, 0.29) is 23.6 Å². The average Bonchev–Trinajstić information content (AvgIpc) is 3.04. The van der Waals surface area contributed by atoms with E-state index in [9.17, 15) is 19.1 Å². The number of carboxylic acid groups (broad SMARTS) is 1. The predicted molar refractivity (Wildman–Crippen MR) is 98.5 cm³/mol. The Kier molecular flexibility index (Phi) is 4.36. The number of hydrogen-bond acceptors (Lipinski definition) is 4. The molecule has 8 heteroatoms. The lowest BCUT2D eigenvalue weighted by Crippen LogP contribution is -2.21. The number of halogens is 1. The van der Waals surface area contributed by atoms with E-state index >= 15 is 0 Å². The number of aromatic carboxylic acids is 1. The fourth-order valence-corrected chi connectivity index (χ4v) is 2.81. The maximum atomic E-state index is 14.6. The molecule has 4 rings (SSSR count). The van der Waals surface area contributed by atoms with Crippen LogP contribution in [0.25, 0.3) is 11.3 Å². The van der Waals surface area contributed by atoms with Crippen LogP contribution in [0, 0.1) is 5.82 Å². The van der Waals surface area contributed by atoms with Gasteiger partial charge in [0.2, 0.25) is 0 Å². The van der Waals surface area contributed by atoms with Crippen molar-refractivity contribution in [3.05, 3.63) is 94.3 Å². The molecule has 0 saturated heterocycles.